The Hall–Kier alpha value is -3.61. The fourth-order valence-corrected chi connectivity index (χ4v) is 4.11. The number of rotatable bonds is 5. The molecular formula is C25H24F2N4O2. The van der Waals surface area contributed by atoms with Gasteiger partial charge in [0.25, 0.3) is 5.91 Å². The molecule has 170 valence electrons. The third-order valence-corrected chi connectivity index (χ3v) is 5.98. The molecule has 0 radical (unpaired) electrons. The van der Waals surface area contributed by atoms with Gasteiger partial charge >= 0.3 is 0 Å². The smallest absolute Gasteiger partial charge is 0.269 e. The van der Waals surface area contributed by atoms with Gasteiger partial charge < -0.3 is 10.6 Å². The van der Waals surface area contributed by atoms with Crippen LogP contribution in [-0.4, -0.2) is 41.9 Å². The van der Waals surface area contributed by atoms with Gasteiger partial charge in [-0.25, -0.2) is 14.2 Å². The number of nitrogens with zero attached hydrogens (tertiary/aromatic N) is 2. The fraction of sp³-hybridized carbons (Fsp3) is 0.280. The van der Waals surface area contributed by atoms with Crippen molar-refractivity contribution >= 4 is 29.2 Å². The summed E-state index contributed by atoms with van der Waals surface area (Å²) in [7, 11) is 1.46. The lowest BCUT2D eigenvalue weighted by Crippen LogP contribution is -2.29. The van der Waals surface area contributed by atoms with E-state index in [4.69, 9.17) is 0 Å². The molecule has 33 heavy (non-hydrogen) atoms. The standard InChI is InChI=1S/C25H24F2N4O2/c1-3-15-12-17-4-5-18(22(26)23(17)29-21(15)14-32)13-31-10-8-16(9-11-31)19-6-7-20(25(33)28-2)30-24(19)27/h4-8,12,29H,3,9-11,13H2,1-2H3,(H,28,33). The van der Waals surface area contributed by atoms with E-state index in [0.29, 0.717) is 54.9 Å². The average Bonchev–Trinajstić information content (AvgIpc) is 2.85. The molecule has 0 atom stereocenters. The van der Waals surface area contributed by atoms with Crippen LogP contribution in [-0.2, 0) is 11.3 Å². The Morgan fingerprint density at radius 3 is 2.73 bits per heavy atom. The summed E-state index contributed by atoms with van der Waals surface area (Å²) < 4.78 is 29.7. The number of hydrogen-bond donors (Lipinski definition) is 2. The summed E-state index contributed by atoms with van der Waals surface area (Å²) in [4.78, 5) is 28.7. The quantitative estimate of drug-likeness (QED) is 0.533. The van der Waals surface area contributed by atoms with Crippen molar-refractivity contribution < 1.29 is 18.4 Å². The van der Waals surface area contributed by atoms with Crippen LogP contribution in [0.4, 0.5) is 14.5 Å². The number of aromatic nitrogens is 1. The third kappa shape index (κ3) is 4.49. The number of anilines is 1. The number of amides is 1. The molecule has 2 aromatic rings. The zero-order valence-electron chi connectivity index (χ0n) is 18.5. The van der Waals surface area contributed by atoms with Gasteiger partial charge in [0, 0.05) is 43.4 Å². The highest BCUT2D eigenvalue weighted by Gasteiger charge is 2.23. The van der Waals surface area contributed by atoms with E-state index < -0.39 is 11.9 Å². The molecule has 0 saturated heterocycles. The molecule has 0 bridgehead atoms. The van der Waals surface area contributed by atoms with E-state index >= 15 is 4.39 Å². The van der Waals surface area contributed by atoms with Crippen molar-refractivity contribution in [2.75, 3.05) is 25.5 Å². The van der Waals surface area contributed by atoms with Gasteiger partial charge in [-0.15, -0.1) is 0 Å². The van der Waals surface area contributed by atoms with Crippen LogP contribution in [0.5, 0.6) is 0 Å². The van der Waals surface area contributed by atoms with Crippen LogP contribution >= 0.6 is 0 Å². The summed E-state index contributed by atoms with van der Waals surface area (Å²) in [5.74, 6) is 0.348. The third-order valence-electron chi connectivity index (χ3n) is 5.98. The number of halogens is 2. The maximum atomic E-state index is 15.2. The minimum absolute atomic E-state index is 0.0294. The molecule has 1 aromatic heterocycles. The fourth-order valence-electron chi connectivity index (χ4n) is 4.11. The highest BCUT2D eigenvalue weighted by Crippen LogP contribution is 2.34. The van der Waals surface area contributed by atoms with Crippen LogP contribution < -0.4 is 10.6 Å². The first-order chi connectivity index (χ1) is 15.9. The summed E-state index contributed by atoms with van der Waals surface area (Å²) in [6.07, 6.45) is 4.94. The first-order valence-electron chi connectivity index (χ1n) is 10.8. The highest BCUT2D eigenvalue weighted by atomic mass is 19.1. The van der Waals surface area contributed by atoms with Crippen LogP contribution in [0.1, 0.15) is 46.9 Å². The summed E-state index contributed by atoms with van der Waals surface area (Å²) in [5.41, 5.74) is 3.79. The molecule has 8 heteroatoms. The van der Waals surface area contributed by atoms with E-state index in [1.165, 1.54) is 13.1 Å². The zero-order chi connectivity index (χ0) is 23.5. The minimum atomic E-state index is -0.679. The van der Waals surface area contributed by atoms with E-state index in [-0.39, 0.29) is 17.2 Å². The van der Waals surface area contributed by atoms with Crippen molar-refractivity contribution in [2.24, 2.45) is 0 Å². The highest BCUT2D eigenvalue weighted by molar-refractivity contribution is 5.92. The van der Waals surface area contributed by atoms with Crippen molar-refractivity contribution in [3.63, 3.8) is 0 Å². The first-order valence-corrected chi connectivity index (χ1v) is 10.8. The van der Waals surface area contributed by atoms with Gasteiger partial charge in [0.15, 0.2) is 11.8 Å². The molecule has 0 aliphatic carbocycles. The number of fused-ring (bicyclic) bond motifs is 1. The van der Waals surface area contributed by atoms with Crippen molar-refractivity contribution in [1.82, 2.24) is 15.2 Å². The van der Waals surface area contributed by atoms with Crippen LogP contribution in [0.2, 0.25) is 0 Å². The SMILES string of the molecule is CCC1=Cc2ccc(CN3CC=C(c4ccc(C(=O)NC)nc4F)CC3)c(F)c2NC1=C=O. The number of carbonyl (C=O) groups excluding carboxylic acids is 2. The normalized spacial score (nSPS) is 15.7. The number of hydrogen-bond acceptors (Lipinski definition) is 5. The number of carbonyl (C=O) groups is 1. The van der Waals surface area contributed by atoms with Crippen LogP contribution in [0.15, 0.2) is 41.6 Å². The second kappa shape index (κ2) is 9.48. The predicted octanol–water partition coefficient (Wildman–Crippen LogP) is 3.94. The summed E-state index contributed by atoms with van der Waals surface area (Å²) in [6, 6.07) is 6.67. The van der Waals surface area contributed by atoms with E-state index in [2.05, 4.69) is 20.5 Å². The summed E-state index contributed by atoms with van der Waals surface area (Å²) >= 11 is 0. The monoisotopic (exact) mass is 450 g/mol. The Kier molecular flexibility index (Phi) is 6.49. The zero-order valence-corrected chi connectivity index (χ0v) is 18.5. The second-order valence-electron chi connectivity index (χ2n) is 7.96. The first kappa shape index (κ1) is 22.6. The average molecular weight is 450 g/mol. The predicted molar refractivity (Wildman–Crippen MR) is 123 cm³/mol. The lowest BCUT2D eigenvalue weighted by Gasteiger charge is -2.27. The van der Waals surface area contributed by atoms with E-state index in [9.17, 15) is 14.0 Å². The molecule has 0 saturated carbocycles. The molecule has 1 aromatic carbocycles. The Bertz CT molecular complexity index is 1230. The van der Waals surface area contributed by atoms with Gasteiger partial charge in [-0.3, -0.25) is 9.69 Å². The van der Waals surface area contributed by atoms with E-state index in [0.717, 1.165) is 11.1 Å². The molecule has 2 N–H and O–H groups in total. The lowest BCUT2D eigenvalue weighted by molar-refractivity contribution is 0.0957. The molecule has 0 spiro atoms. The van der Waals surface area contributed by atoms with Crippen LogP contribution in [0.3, 0.4) is 0 Å². The topological polar surface area (TPSA) is 74.3 Å². The van der Waals surface area contributed by atoms with Crippen molar-refractivity contribution in [3.8, 4) is 0 Å². The molecular weight excluding hydrogens is 426 g/mol. The molecule has 2 aliphatic rings. The largest absolute Gasteiger partial charge is 0.354 e. The minimum Gasteiger partial charge on any atom is -0.354 e. The number of benzene rings is 1. The van der Waals surface area contributed by atoms with E-state index in [1.54, 1.807) is 12.1 Å². The Morgan fingerprint density at radius 1 is 1.27 bits per heavy atom. The number of nitrogens with one attached hydrogen (secondary N) is 2. The van der Waals surface area contributed by atoms with E-state index in [1.807, 2.05) is 31.1 Å². The van der Waals surface area contributed by atoms with Gasteiger partial charge in [0.1, 0.15) is 11.4 Å². The van der Waals surface area contributed by atoms with Crippen molar-refractivity contribution in [3.05, 3.63) is 75.8 Å². The number of pyridine rings is 1. The molecule has 0 unspecified atom stereocenters. The maximum Gasteiger partial charge on any atom is 0.269 e. The Labute approximate surface area is 190 Å². The Balaban J connectivity index is 1.49. The second-order valence-corrected chi connectivity index (χ2v) is 7.96. The van der Waals surface area contributed by atoms with Crippen LogP contribution in [0, 0.1) is 11.8 Å². The lowest BCUT2D eigenvalue weighted by atomic mass is 9.97. The summed E-state index contributed by atoms with van der Waals surface area (Å²) in [6.45, 7) is 3.45. The molecule has 6 nitrogen and oxygen atoms in total. The van der Waals surface area contributed by atoms with Gasteiger partial charge in [0.2, 0.25) is 5.95 Å². The van der Waals surface area contributed by atoms with Gasteiger partial charge in [0.05, 0.1) is 5.69 Å². The molecule has 3 heterocycles. The molecule has 4 rings (SSSR count). The van der Waals surface area contributed by atoms with Gasteiger partial charge in [-0.2, -0.15) is 4.39 Å². The van der Waals surface area contributed by atoms with Crippen molar-refractivity contribution in [2.45, 2.75) is 26.3 Å². The van der Waals surface area contributed by atoms with Crippen molar-refractivity contribution in [1.29, 1.82) is 0 Å². The van der Waals surface area contributed by atoms with Gasteiger partial charge in [-0.1, -0.05) is 25.1 Å². The molecule has 1 amide bonds. The van der Waals surface area contributed by atoms with Gasteiger partial charge in [-0.05, 0) is 42.2 Å². The Morgan fingerprint density at radius 2 is 2.09 bits per heavy atom. The number of allylic oxidation sites excluding steroid dienone is 1. The van der Waals surface area contributed by atoms with Crippen LogP contribution in [0.25, 0.3) is 11.6 Å². The molecule has 0 fully saturated rings. The maximum absolute atomic E-state index is 15.2. The summed E-state index contributed by atoms with van der Waals surface area (Å²) in [5, 5.41) is 5.31. The molecule has 2 aliphatic heterocycles.